The summed E-state index contributed by atoms with van der Waals surface area (Å²) in [4.78, 5) is 38.4. The Hall–Kier alpha value is -3.00. The Morgan fingerprint density at radius 3 is 2.70 bits per heavy atom. The highest BCUT2D eigenvalue weighted by Crippen LogP contribution is 2.59. The lowest BCUT2D eigenvalue weighted by Crippen LogP contribution is -2.36. The van der Waals surface area contributed by atoms with Crippen LogP contribution in [0.25, 0.3) is 0 Å². The van der Waals surface area contributed by atoms with E-state index in [1.54, 1.807) is 6.08 Å². The first-order valence-electron chi connectivity index (χ1n) is 8.72. The van der Waals surface area contributed by atoms with Crippen LogP contribution >= 0.6 is 0 Å². The zero-order valence-corrected chi connectivity index (χ0v) is 15.7. The van der Waals surface area contributed by atoms with Crippen LogP contribution in [-0.4, -0.2) is 54.1 Å². The Bertz CT molecular complexity index is 743. The molecule has 0 unspecified atom stereocenters. The van der Waals surface area contributed by atoms with Gasteiger partial charge in [0.2, 0.25) is 0 Å². The number of carbonyl (C=O) groups excluding carboxylic acids is 3. The summed E-state index contributed by atoms with van der Waals surface area (Å²) in [6.07, 6.45) is 7.57. The molecule has 1 heterocycles. The first kappa shape index (κ1) is 20.3. The molecule has 144 valence electrons. The number of terminal acetylenes is 1. The van der Waals surface area contributed by atoms with Crippen molar-refractivity contribution in [2.45, 2.75) is 27.2 Å². The Balaban J connectivity index is 1.96. The number of nitrogens with zero attached hydrogens (tertiary/aromatic N) is 3. The van der Waals surface area contributed by atoms with E-state index in [-0.39, 0.29) is 24.8 Å². The second-order valence-corrected chi connectivity index (χ2v) is 7.07. The smallest absolute Gasteiger partial charge is 0.330 e. The quantitative estimate of drug-likeness (QED) is 0.210. The molecule has 1 aliphatic heterocycles. The molecule has 0 radical (unpaired) electrons. The van der Waals surface area contributed by atoms with Gasteiger partial charge in [-0.25, -0.2) is 9.69 Å². The molecule has 2 aliphatic rings. The van der Waals surface area contributed by atoms with Crippen molar-refractivity contribution in [3.05, 3.63) is 11.8 Å². The summed E-state index contributed by atoms with van der Waals surface area (Å²) in [7, 11) is 0. The van der Waals surface area contributed by atoms with Crippen molar-refractivity contribution in [3.63, 3.8) is 0 Å². The van der Waals surface area contributed by atoms with Crippen LogP contribution in [0.3, 0.4) is 0 Å². The fourth-order valence-electron chi connectivity index (χ4n) is 3.10. The Morgan fingerprint density at radius 2 is 2.11 bits per heavy atom. The molecule has 0 bridgehead atoms. The summed E-state index contributed by atoms with van der Waals surface area (Å²) in [5.41, 5.74) is -0.400. The van der Waals surface area contributed by atoms with Crippen molar-refractivity contribution < 1.29 is 23.9 Å². The van der Waals surface area contributed by atoms with E-state index in [0.29, 0.717) is 6.61 Å². The SMILES string of the molecule is C#CCN1CC(=O)N(COC(=O)[C@@H]2[C@@H](C=C(C#N)OCCC)C2(C)C)C1=O. The molecule has 0 N–H and O–H groups in total. The number of ether oxygens (including phenoxy) is 2. The number of rotatable bonds is 8. The van der Waals surface area contributed by atoms with Gasteiger partial charge in [0.15, 0.2) is 12.5 Å². The van der Waals surface area contributed by atoms with Crippen molar-refractivity contribution in [2.75, 3.05) is 26.4 Å². The minimum Gasteiger partial charge on any atom is -0.484 e. The van der Waals surface area contributed by atoms with Crippen molar-refractivity contribution >= 4 is 17.9 Å². The van der Waals surface area contributed by atoms with Gasteiger partial charge in [-0.15, -0.1) is 6.42 Å². The third-order valence-electron chi connectivity index (χ3n) is 4.81. The Kier molecular flexibility index (Phi) is 6.12. The Morgan fingerprint density at radius 1 is 1.41 bits per heavy atom. The van der Waals surface area contributed by atoms with Crippen molar-refractivity contribution in [2.24, 2.45) is 17.3 Å². The van der Waals surface area contributed by atoms with Crippen LogP contribution in [0.4, 0.5) is 4.79 Å². The topological polar surface area (TPSA) is 99.9 Å². The number of carbonyl (C=O) groups is 3. The molecule has 1 saturated carbocycles. The largest absolute Gasteiger partial charge is 0.484 e. The van der Waals surface area contributed by atoms with E-state index < -0.39 is 36.0 Å². The normalized spacial score (nSPS) is 23.7. The minimum absolute atomic E-state index is 0.0201. The molecule has 0 spiro atoms. The lowest BCUT2D eigenvalue weighted by Gasteiger charge is -2.15. The third kappa shape index (κ3) is 4.22. The van der Waals surface area contributed by atoms with Gasteiger partial charge in [0.05, 0.1) is 19.1 Å². The molecule has 2 atom stereocenters. The highest BCUT2D eigenvalue weighted by atomic mass is 16.5. The molecule has 1 saturated heterocycles. The second kappa shape index (κ2) is 8.13. The van der Waals surface area contributed by atoms with E-state index in [9.17, 15) is 14.4 Å². The standard InChI is InChI=1S/C19H23N3O5/c1-5-7-21-11-15(23)22(18(21)25)12-27-17(24)16-14(19(16,3)4)9-13(10-20)26-8-6-2/h1,9,14,16H,6-8,11-12H2,2-4H3/t14-,16+/m1/s1. The van der Waals surface area contributed by atoms with Crippen LogP contribution in [0.1, 0.15) is 27.2 Å². The van der Waals surface area contributed by atoms with E-state index in [1.807, 2.05) is 26.8 Å². The monoisotopic (exact) mass is 373 g/mol. The summed E-state index contributed by atoms with van der Waals surface area (Å²) in [6.45, 7) is 5.58. The number of hydrogen-bond acceptors (Lipinski definition) is 6. The highest BCUT2D eigenvalue weighted by molar-refractivity contribution is 6.02. The van der Waals surface area contributed by atoms with Gasteiger partial charge in [-0.1, -0.05) is 26.7 Å². The van der Waals surface area contributed by atoms with Gasteiger partial charge in [-0.2, -0.15) is 5.26 Å². The van der Waals surface area contributed by atoms with Gasteiger partial charge in [-0.05, 0) is 17.9 Å². The van der Waals surface area contributed by atoms with E-state index >= 15 is 0 Å². The molecule has 2 fully saturated rings. The summed E-state index contributed by atoms with van der Waals surface area (Å²) in [6, 6.07) is 1.41. The third-order valence-corrected chi connectivity index (χ3v) is 4.81. The molecule has 0 aromatic heterocycles. The van der Waals surface area contributed by atoms with E-state index in [1.165, 1.54) is 4.90 Å². The number of hydrogen-bond donors (Lipinski definition) is 0. The summed E-state index contributed by atoms with van der Waals surface area (Å²) in [5, 5.41) is 9.14. The molecule has 0 aromatic carbocycles. The van der Waals surface area contributed by atoms with E-state index in [0.717, 1.165) is 11.3 Å². The molecule has 0 aromatic rings. The van der Waals surface area contributed by atoms with Crippen LogP contribution in [0.5, 0.6) is 0 Å². The van der Waals surface area contributed by atoms with Crippen molar-refractivity contribution in [3.8, 4) is 18.4 Å². The number of amides is 3. The highest BCUT2D eigenvalue weighted by Gasteiger charge is 2.62. The molecule has 3 amide bonds. The van der Waals surface area contributed by atoms with Gasteiger partial charge < -0.3 is 14.4 Å². The van der Waals surface area contributed by atoms with Crippen LogP contribution in [-0.2, 0) is 19.1 Å². The van der Waals surface area contributed by atoms with Crippen LogP contribution in [0, 0.1) is 40.9 Å². The maximum Gasteiger partial charge on any atom is 0.330 e. The lowest BCUT2D eigenvalue weighted by atomic mass is 10.1. The fraction of sp³-hybridized carbons (Fsp3) is 0.579. The van der Waals surface area contributed by atoms with Crippen LogP contribution in [0.15, 0.2) is 11.8 Å². The van der Waals surface area contributed by atoms with Gasteiger partial charge in [0, 0.05) is 5.92 Å². The summed E-state index contributed by atoms with van der Waals surface area (Å²) >= 11 is 0. The van der Waals surface area contributed by atoms with Crippen molar-refractivity contribution in [1.29, 1.82) is 5.26 Å². The van der Waals surface area contributed by atoms with Crippen LogP contribution < -0.4 is 0 Å². The number of esters is 1. The van der Waals surface area contributed by atoms with Gasteiger partial charge in [-0.3, -0.25) is 9.59 Å². The molecular formula is C19H23N3O5. The Labute approximate surface area is 158 Å². The maximum atomic E-state index is 12.4. The zero-order valence-electron chi connectivity index (χ0n) is 15.7. The van der Waals surface area contributed by atoms with Crippen LogP contribution in [0.2, 0.25) is 0 Å². The summed E-state index contributed by atoms with van der Waals surface area (Å²) in [5.74, 6) is 0.816. The molecule has 8 nitrogen and oxygen atoms in total. The van der Waals surface area contributed by atoms with E-state index in [2.05, 4.69) is 5.92 Å². The van der Waals surface area contributed by atoms with Gasteiger partial charge >= 0.3 is 12.0 Å². The minimum atomic E-state index is -0.572. The first-order chi connectivity index (χ1) is 12.8. The first-order valence-corrected chi connectivity index (χ1v) is 8.72. The fourth-order valence-corrected chi connectivity index (χ4v) is 3.10. The predicted molar refractivity (Wildman–Crippen MR) is 94.3 cm³/mol. The molecule has 2 rings (SSSR count). The molecular weight excluding hydrogens is 350 g/mol. The van der Waals surface area contributed by atoms with E-state index in [4.69, 9.17) is 21.2 Å². The van der Waals surface area contributed by atoms with Crippen molar-refractivity contribution in [1.82, 2.24) is 9.80 Å². The number of allylic oxidation sites excluding steroid dienone is 2. The molecule has 8 heteroatoms. The maximum absolute atomic E-state index is 12.4. The average Bonchev–Trinajstić information content (AvgIpc) is 3.06. The van der Waals surface area contributed by atoms with Gasteiger partial charge in [0.1, 0.15) is 12.6 Å². The molecule has 27 heavy (non-hydrogen) atoms. The molecule has 1 aliphatic carbocycles. The number of nitriles is 1. The summed E-state index contributed by atoms with van der Waals surface area (Å²) < 4.78 is 10.5. The van der Waals surface area contributed by atoms with Gasteiger partial charge in [0.25, 0.3) is 5.91 Å². The predicted octanol–water partition coefficient (Wildman–Crippen LogP) is 1.49. The lowest BCUT2D eigenvalue weighted by molar-refractivity contribution is -0.151. The number of urea groups is 1. The number of imide groups is 1. The second-order valence-electron chi connectivity index (χ2n) is 7.07. The average molecular weight is 373 g/mol. The zero-order chi connectivity index (χ0) is 20.2.